The van der Waals surface area contributed by atoms with Gasteiger partial charge in [-0.05, 0) is 30.2 Å². The molecule has 3 rings (SSSR count). The van der Waals surface area contributed by atoms with Crippen molar-refractivity contribution in [1.29, 1.82) is 0 Å². The lowest BCUT2D eigenvalue weighted by Crippen LogP contribution is -2.32. The molecule has 2 aromatic rings. The van der Waals surface area contributed by atoms with Gasteiger partial charge in [-0.1, -0.05) is 42.5 Å². The molecule has 0 bridgehead atoms. The van der Waals surface area contributed by atoms with Gasteiger partial charge in [-0.25, -0.2) is 0 Å². The maximum atomic E-state index is 12.4. The molecule has 0 aliphatic carbocycles. The van der Waals surface area contributed by atoms with E-state index in [2.05, 4.69) is 34.5 Å². The number of benzene rings is 2. The maximum Gasteiger partial charge on any atom is 0.238 e. The molecule has 1 aliphatic rings. The monoisotopic (exact) mass is 339 g/mol. The molecule has 0 unspecified atom stereocenters. The average molecular weight is 339 g/mol. The van der Waals surface area contributed by atoms with Crippen LogP contribution < -0.4 is 15.8 Å². The summed E-state index contributed by atoms with van der Waals surface area (Å²) in [5.41, 5.74) is 7.97. The molecular weight excluding hydrogens is 314 g/mol. The number of carbonyl (C=O) groups is 1. The first-order valence-corrected chi connectivity index (χ1v) is 8.61. The predicted octanol–water partition coefficient (Wildman–Crippen LogP) is 2.31. The highest BCUT2D eigenvalue weighted by molar-refractivity contribution is 5.93. The highest BCUT2D eigenvalue weighted by Crippen LogP contribution is 2.32. The van der Waals surface area contributed by atoms with Crippen molar-refractivity contribution >= 4 is 11.6 Å². The normalized spacial score (nSPS) is 20.4. The van der Waals surface area contributed by atoms with Gasteiger partial charge in [0.15, 0.2) is 0 Å². The van der Waals surface area contributed by atoms with Gasteiger partial charge < -0.3 is 15.8 Å². The number of carbonyl (C=O) groups excluding carboxylic acids is 1. The quantitative estimate of drug-likeness (QED) is 0.847. The van der Waals surface area contributed by atoms with Gasteiger partial charge in [0.1, 0.15) is 5.75 Å². The van der Waals surface area contributed by atoms with Crippen LogP contribution in [0.5, 0.6) is 5.75 Å². The number of anilines is 1. The standard InChI is InChI=1S/C20H25N3O2/c1-25-19-10-6-5-9-18(19)22-20(24)14-23-12-16(11-21)17(13-23)15-7-3-2-4-8-15/h2-10,16-17H,11-14,21H2,1H3,(H,22,24)/t16-,17+/m1/s1. The highest BCUT2D eigenvalue weighted by Gasteiger charge is 2.33. The zero-order valence-corrected chi connectivity index (χ0v) is 14.5. The zero-order valence-electron chi connectivity index (χ0n) is 14.5. The van der Waals surface area contributed by atoms with E-state index in [1.54, 1.807) is 7.11 Å². The topological polar surface area (TPSA) is 67.6 Å². The second kappa shape index (κ2) is 8.14. The fraction of sp³-hybridized carbons (Fsp3) is 0.350. The lowest BCUT2D eigenvalue weighted by atomic mass is 9.89. The predicted molar refractivity (Wildman–Crippen MR) is 99.8 cm³/mol. The van der Waals surface area contributed by atoms with Gasteiger partial charge in [0, 0.05) is 19.0 Å². The Morgan fingerprint density at radius 1 is 1.16 bits per heavy atom. The Morgan fingerprint density at radius 3 is 2.60 bits per heavy atom. The first kappa shape index (κ1) is 17.5. The van der Waals surface area contributed by atoms with Crippen molar-refractivity contribution in [1.82, 2.24) is 4.90 Å². The molecule has 132 valence electrons. The van der Waals surface area contributed by atoms with E-state index < -0.39 is 0 Å². The van der Waals surface area contributed by atoms with Crippen LogP contribution in [0.2, 0.25) is 0 Å². The number of amides is 1. The molecule has 1 heterocycles. The number of rotatable bonds is 6. The first-order chi connectivity index (χ1) is 12.2. The highest BCUT2D eigenvalue weighted by atomic mass is 16.5. The smallest absolute Gasteiger partial charge is 0.238 e. The molecule has 1 fully saturated rings. The lowest BCUT2D eigenvalue weighted by Gasteiger charge is -2.17. The molecule has 0 aromatic heterocycles. The summed E-state index contributed by atoms with van der Waals surface area (Å²) in [6.45, 7) is 2.68. The molecule has 0 radical (unpaired) electrons. The summed E-state index contributed by atoms with van der Waals surface area (Å²) in [6, 6.07) is 17.9. The van der Waals surface area contributed by atoms with Crippen LogP contribution in [0.1, 0.15) is 11.5 Å². The van der Waals surface area contributed by atoms with E-state index >= 15 is 0 Å². The van der Waals surface area contributed by atoms with Crippen LogP contribution >= 0.6 is 0 Å². The minimum absolute atomic E-state index is 0.0333. The molecule has 25 heavy (non-hydrogen) atoms. The van der Waals surface area contributed by atoms with Gasteiger partial charge in [0.05, 0.1) is 19.3 Å². The van der Waals surface area contributed by atoms with Crippen molar-refractivity contribution in [2.45, 2.75) is 5.92 Å². The van der Waals surface area contributed by atoms with E-state index in [0.29, 0.717) is 36.4 Å². The number of hydrogen-bond acceptors (Lipinski definition) is 4. The zero-order chi connectivity index (χ0) is 17.6. The summed E-state index contributed by atoms with van der Waals surface area (Å²) in [7, 11) is 1.60. The molecule has 1 saturated heterocycles. The molecule has 0 saturated carbocycles. The number of hydrogen-bond donors (Lipinski definition) is 2. The summed E-state index contributed by atoms with van der Waals surface area (Å²) in [5.74, 6) is 1.39. The second-order valence-corrected chi connectivity index (χ2v) is 6.46. The summed E-state index contributed by atoms with van der Waals surface area (Å²) < 4.78 is 5.28. The summed E-state index contributed by atoms with van der Waals surface area (Å²) in [4.78, 5) is 14.6. The second-order valence-electron chi connectivity index (χ2n) is 6.46. The lowest BCUT2D eigenvalue weighted by molar-refractivity contribution is -0.117. The average Bonchev–Trinajstić information content (AvgIpc) is 3.05. The van der Waals surface area contributed by atoms with Crippen LogP contribution in [0.4, 0.5) is 5.69 Å². The van der Waals surface area contributed by atoms with Crippen molar-refractivity contribution in [2.24, 2.45) is 11.7 Å². The number of methoxy groups -OCH3 is 1. The fourth-order valence-corrected chi connectivity index (χ4v) is 3.55. The van der Waals surface area contributed by atoms with Crippen LogP contribution in [0, 0.1) is 5.92 Å². The largest absolute Gasteiger partial charge is 0.495 e. The van der Waals surface area contributed by atoms with Crippen LogP contribution in [0.25, 0.3) is 0 Å². The summed E-state index contributed by atoms with van der Waals surface area (Å²) in [5, 5.41) is 2.94. The van der Waals surface area contributed by atoms with Gasteiger partial charge >= 0.3 is 0 Å². The summed E-state index contributed by atoms with van der Waals surface area (Å²) in [6.07, 6.45) is 0. The first-order valence-electron chi connectivity index (χ1n) is 8.61. The number of nitrogens with one attached hydrogen (secondary N) is 1. The van der Waals surface area contributed by atoms with Crippen LogP contribution in [-0.2, 0) is 4.79 Å². The van der Waals surface area contributed by atoms with Crippen LogP contribution in [0.15, 0.2) is 54.6 Å². The Kier molecular flexibility index (Phi) is 5.68. The van der Waals surface area contributed by atoms with E-state index in [1.165, 1.54) is 5.56 Å². The Bertz CT molecular complexity index is 705. The molecule has 2 atom stereocenters. The molecule has 1 aliphatic heterocycles. The van der Waals surface area contributed by atoms with Crippen molar-refractivity contribution in [3.05, 3.63) is 60.2 Å². The molecule has 1 amide bonds. The Labute approximate surface area is 148 Å². The van der Waals surface area contributed by atoms with Crippen molar-refractivity contribution in [2.75, 3.05) is 38.6 Å². The van der Waals surface area contributed by atoms with Gasteiger partial charge in [-0.2, -0.15) is 0 Å². The van der Waals surface area contributed by atoms with Crippen molar-refractivity contribution < 1.29 is 9.53 Å². The van der Waals surface area contributed by atoms with E-state index in [1.807, 2.05) is 30.3 Å². The Balaban J connectivity index is 1.62. The number of nitrogens with two attached hydrogens (primary N) is 1. The molecule has 5 heteroatoms. The van der Waals surface area contributed by atoms with Crippen molar-refractivity contribution in [3.8, 4) is 5.75 Å². The van der Waals surface area contributed by atoms with Gasteiger partial charge in [0.25, 0.3) is 0 Å². The van der Waals surface area contributed by atoms with Gasteiger partial charge in [-0.15, -0.1) is 0 Å². The van der Waals surface area contributed by atoms with E-state index in [4.69, 9.17) is 10.5 Å². The molecule has 3 N–H and O–H groups in total. The number of nitrogens with zero attached hydrogens (tertiary/aromatic N) is 1. The third-order valence-electron chi connectivity index (χ3n) is 4.80. The van der Waals surface area contributed by atoms with E-state index in [9.17, 15) is 4.79 Å². The fourth-order valence-electron chi connectivity index (χ4n) is 3.55. The number of para-hydroxylation sites is 2. The van der Waals surface area contributed by atoms with Gasteiger partial charge in [0.2, 0.25) is 5.91 Å². The van der Waals surface area contributed by atoms with E-state index in [-0.39, 0.29) is 5.91 Å². The van der Waals surface area contributed by atoms with Crippen LogP contribution in [0.3, 0.4) is 0 Å². The molecule has 0 spiro atoms. The summed E-state index contributed by atoms with van der Waals surface area (Å²) >= 11 is 0. The minimum Gasteiger partial charge on any atom is -0.495 e. The SMILES string of the molecule is COc1ccccc1NC(=O)CN1C[C@@H](CN)[C@H](c2ccccc2)C1. The van der Waals surface area contributed by atoms with Crippen LogP contribution in [-0.4, -0.2) is 44.1 Å². The molecule has 5 nitrogen and oxygen atoms in total. The third kappa shape index (κ3) is 4.18. The van der Waals surface area contributed by atoms with E-state index in [0.717, 1.165) is 13.1 Å². The maximum absolute atomic E-state index is 12.4. The van der Waals surface area contributed by atoms with Gasteiger partial charge in [-0.3, -0.25) is 9.69 Å². The third-order valence-corrected chi connectivity index (χ3v) is 4.80. The Hall–Kier alpha value is -2.37. The van der Waals surface area contributed by atoms with Crippen molar-refractivity contribution in [3.63, 3.8) is 0 Å². The minimum atomic E-state index is -0.0333. The Morgan fingerprint density at radius 2 is 1.88 bits per heavy atom. The number of ether oxygens (including phenoxy) is 1. The number of likely N-dealkylation sites (tertiary alicyclic amines) is 1. The molecule has 2 aromatic carbocycles. The molecular formula is C20H25N3O2.